The third-order valence-electron chi connectivity index (χ3n) is 3.89. The van der Waals surface area contributed by atoms with Crippen LogP contribution < -0.4 is 0 Å². The first-order valence-electron chi connectivity index (χ1n) is 7.15. The maximum Gasteiger partial charge on any atom is 0.255 e. The van der Waals surface area contributed by atoms with Crippen molar-refractivity contribution in [2.75, 3.05) is 13.1 Å². The van der Waals surface area contributed by atoms with E-state index in [-0.39, 0.29) is 5.91 Å². The predicted octanol–water partition coefficient (Wildman–Crippen LogP) is 3.87. The van der Waals surface area contributed by atoms with Crippen LogP contribution in [0.5, 0.6) is 0 Å². The topological polar surface area (TPSA) is 36.1 Å². The molecule has 0 saturated carbocycles. The standard InChI is InChI=1S/C16H19ClN2O/c1-10(2)8-12-11-4-5-18-14(11)9-13(17)15(12)16(20)19-6-3-7-19/h4-5,9-10,18H,3,6-8H2,1-2H3. The van der Waals surface area contributed by atoms with Crippen molar-refractivity contribution in [3.05, 3.63) is 34.5 Å². The van der Waals surface area contributed by atoms with Crippen molar-refractivity contribution >= 4 is 28.4 Å². The number of aromatic nitrogens is 1. The fraction of sp³-hybridized carbons (Fsp3) is 0.438. The highest BCUT2D eigenvalue weighted by Crippen LogP contribution is 2.32. The van der Waals surface area contributed by atoms with Gasteiger partial charge in [-0.25, -0.2) is 0 Å². The SMILES string of the molecule is CC(C)Cc1c(C(=O)N2CCC2)c(Cl)cc2[nH]ccc12. The van der Waals surface area contributed by atoms with Gasteiger partial charge < -0.3 is 9.88 Å². The van der Waals surface area contributed by atoms with Crippen LogP contribution in [0.3, 0.4) is 0 Å². The van der Waals surface area contributed by atoms with Crippen molar-refractivity contribution in [3.63, 3.8) is 0 Å². The van der Waals surface area contributed by atoms with Gasteiger partial charge in [-0.15, -0.1) is 0 Å². The van der Waals surface area contributed by atoms with Gasteiger partial charge in [0.2, 0.25) is 0 Å². The molecular weight excluding hydrogens is 272 g/mol. The van der Waals surface area contributed by atoms with Crippen molar-refractivity contribution in [3.8, 4) is 0 Å². The van der Waals surface area contributed by atoms with E-state index in [1.54, 1.807) is 0 Å². The van der Waals surface area contributed by atoms with Crippen molar-refractivity contribution in [1.82, 2.24) is 9.88 Å². The third kappa shape index (κ3) is 2.20. The molecule has 0 spiro atoms. The quantitative estimate of drug-likeness (QED) is 0.915. The van der Waals surface area contributed by atoms with Crippen LogP contribution in [0.25, 0.3) is 10.9 Å². The summed E-state index contributed by atoms with van der Waals surface area (Å²) in [7, 11) is 0. The molecule has 1 aromatic heterocycles. The molecule has 20 heavy (non-hydrogen) atoms. The molecule has 4 heteroatoms. The lowest BCUT2D eigenvalue weighted by atomic mass is 9.93. The van der Waals surface area contributed by atoms with Gasteiger partial charge in [0, 0.05) is 30.2 Å². The second-order valence-electron chi connectivity index (χ2n) is 5.89. The zero-order valence-corrected chi connectivity index (χ0v) is 12.6. The van der Waals surface area contributed by atoms with E-state index >= 15 is 0 Å². The van der Waals surface area contributed by atoms with Crippen LogP contribution in [-0.2, 0) is 6.42 Å². The molecule has 1 saturated heterocycles. The van der Waals surface area contributed by atoms with Crippen molar-refractivity contribution in [1.29, 1.82) is 0 Å². The van der Waals surface area contributed by atoms with Gasteiger partial charge in [-0.1, -0.05) is 25.4 Å². The molecule has 0 aliphatic carbocycles. The summed E-state index contributed by atoms with van der Waals surface area (Å²) in [5.41, 5.74) is 2.79. The van der Waals surface area contributed by atoms with E-state index in [2.05, 4.69) is 18.8 Å². The van der Waals surface area contributed by atoms with Gasteiger partial charge in [0.15, 0.2) is 0 Å². The summed E-state index contributed by atoms with van der Waals surface area (Å²) >= 11 is 6.40. The zero-order valence-electron chi connectivity index (χ0n) is 11.9. The fourth-order valence-corrected chi connectivity index (χ4v) is 3.08. The number of hydrogen-bond donors (Lipinski definition) is 1. The number of hydrogen-bond acceptors (Lipinski definition) is 1. The molecule has 1 N–H and O–H groups in total. The Balaban J connectivity index is 2.16. The van der Waals surface area contributed by atoms with Crippen LogP contribution in [0.15, 0.2) is 18.3 Å². The van der Waals surface area contributed by atoms with E-state index in [4.69, 9.17) is 11.6 Å². The number of carbonyl (C=O) groups is 1. The average molecular weight is 291 g/mol. The maximum absolute atomic E-state index is 12.6. The van der Waals surface area contributed by atoms with E-state index in [9.17, 15) is 4.79 Å². The Morgan fingerprint density at radius 2 is 2.20 bits per heavy atom. The molecule has 0 bridgehead atoms. The minimum Gasteiger partial charge on any atom is -0.361 e. The molecule has 0 radical (unpaired) electrons. The van der Waals surface area contributed by atoms with Crippen molar-refractivity contribution in [2.45, 2.75) is 26.7 Å². The average Bonchev–Trinajstić information content (AvgIpc) is 2.73. The molecule has 1 fully saturated rings. The van der Waals surface area contributed by atoms with Crippen molar-refractivity contribution in [2.24, 2.45) is 5.92 Å². The van der Waals surface area contributed by atoms with E-state index < -0.39 is 0 Å². The summed E-state index contributed by atoms with van der Waals surface area (Å²) in [4.78, 5) is 17.7. The molecule has 106 valence electrons. The molecule has 1 aliphatic heterocycles. The van der Waals surface area contributed by atoms with Crippen LogP contribution >= 0.6 is 11.6 Å². The van der Waals surface area contributed by atoms with Gasteiger partial charge in [-0.3, -0.25) is 4.79 Å². The Bertz CT molecular complexity index is 656. The lowest BCUT2D eigenvalue weighted by molar-refractivity contribution is 0.0651. The molecule has 1 aliphatic rings. The first kappa shape index (κ1) is 13.5. The van der Waals surface area contributed by atoms with Gasteiger partial charge in [-0.05, 0) is 36.5 Å². The second kappa shape index (κ2) is 5.13. The summed E-state index contributed by atoms with van der Waals surface area (Å²) in [6, 6.07) is 3.91. The largest absolute Gasteiger partial charge is 0.361 e. The van der Waals surface area contributed by atoms with Crippen LogP contribution in [0.1, 0.15) is 36.2 Å². The maximum atomic E-state index is 12.6. The number of H-pyrrole nitrogens is 1. The third-order valence-corrected chi connectivity index (χ3v) is 4.18. The smallest absolute Gasteiger partial charge is 0.255 e. The predicted molar refractivity (Wildman–Crippen MR) is 82.4 cm³/mol. The summed E-state index contributed by atoms with van der Waals surface area (Å²) in [5, 5.41) is 1.68. The van der Waals surface area contributed by atoms with E-state index in [0.717, 1.165) is 42.4 Å². The number of benzene rings is 1. The number of rotatable bonds is 3. The normalized spacial score (nSPS) is 14.9. The number of nitrogens with zero attached hydrogens (tertiary/aromatic N) is 1. The number of fused-ring (bicyclic) bond motifs is 1. The Morgan fingerprint density at radius 3 is 2.80 bits per heavy atom. The number of likely N-dealkylation sites (tertiary alicyclic amines) is 1. The molecule has 3 nitrogen and oxygen atoms in total. The van der Waals surface area contributed by atoms with Crippen molar-refractivity contribution < 1.29 is 4.79 Å². The molecular formula is C16H19ClN2O. The molecule has 0 atom stereocenters. The molecule has 2 aromatic rings. The van der Waals surface area contributed by atoms with E-state index in [1.165, 1.54) is 0 Å². The first-order chi connectivity index (χ1) is 9.58. The molecule has 3 rings (SSSR count). The van der Waals surface area contributed by atoms with Gasteiger partial charge in [-0.2, -0.15) is 0 Å². The minimum absolute atomic E-state index is 0.0833. The van der Waals surface area contributed by atoms with Gasteiger partial charge in [0.25, 0.3) is 5.91 Å². The molecule has 2 heterocycles. The van der Waals surface area contributed by atoms with Gasteiger partial charge >= 0.3 is 0 Å². The van der Waals surface area contributed by atoms with Gasteiger partial charge in [0.05, 0.1) is 10.6 Å². The summed E-state index contributed by atoms with van der Waals surface area (Å²) < 4.78 is 0. The summed E-state index contributed by atoms with van der Waals surface area (Å²) in [6.07, 6.45) is 3.86. The van der Waals surface area contributed by atoms with Crippen LogP contribution in [-0.4, -0.2) is 28.9 Å². The summed E-state index contributed by atoms with van der Waals surface area (Å²) in [6.45, 7) is 6.03. The summed E-state index contributed by atoms with van der Waals surface area (Å²) in [5.74, 6) is 0.564. The Kier molecular flexibility index (Phi) is 3.47. The lowest BCUT2D eigenvalue weighted by Crippen LogP contribution is -2.42. The number of carbonyl (C=O) groups excluding carboxylic acids is 1. The molecule has 1 amide bonds. The van der Waals surface area contributed by atoms with Crippen LogP contribution in [0, 0.1) is 5.92 Å². The number of nitrogens with one attached hydrogen (secondary N) is 1. The second-order valence-corrected chi connectivity index (χ2v) is 6.30. The zero-order chi connectivity index (χ0) is 14.3. The minimum atomic E-state index is 0.0833. The monoisotopic (exact) mass is 290 g/mol. The Hall–Kier alpha value is -1.48. The number of halogens is 1. The number of amides is 1. The van der Waals surface area contributed by atoms with E-state index in [0.29, 0.717) is 16.5 Å². The van der Waals surface area contributed by atoms with Crippen LogP contribution in [0.4, 0.5) is 0 Å². The number of aromatic amines is 1. The highest BCUT2D eigenvalue weighted by Gasteiger charge is 2.27. The fourth-order valence-electron chi connectivity index (χ4n) is 2.77. The Morgan fingerprint density at radius 1 is 1.45 bits per heavy atom. The van der Waals surface area contributed by atoms with Gasteiger partial charge in [0.1, 0.15) is 0 Å². The highest BCUT2D eigenvalue weighted by molar-refractivity contribution is 6.35. The molecule has 1 aromatic carbocycles. The van der Waals surface area contributed by atoms with Crippen LogP contribution in [0.2, 0.25) is 5.02 Å². The molecule has 0 unspecified atom stereocenters. The highest BCUT2D eigenvalue weighted by atomic mass is 35.5. The first-order valence-corrected chi connectivity index (χ1v) is 7.53. The Labute approximate surface area is 123 Å². The van der Waals surface area contributed by atoms with E-state index in [1.807, 2.05) is 23.2 Å². The lowest BCUT2D eigenvalue weighted by Gasteiger charge is -2.32.